The summed E-state index contributed by atoms with van der Waals surface area (Å²) in [7, 11) is 1.67. The Bertz CT molecular complexity index is 1400. The molecule has 0 spiro atoms. The number of hydrogen-bond acceptors (Lipinski definition) is 5. The first-order valence-electron chi connectivity index (χ1n) is 10.7. The molecule has 0 bridgehead atoms. The molecule has 2 heterocycles. The van der Waals surface area contributed by atoms with Crippen LogP contribution in [-0.2, 0) is 6.54 Å². The number of hydrazone groups is 1. The van der Waals surface area contributed by atoms with Crippen molar-refractivity contribution in [1.82, 2.24) is 9.55 Å². The van der Waals surface area contributed by atoms with Gasteiger partial charge in [0.05, 0.1) is 18.5 Å². The molecule has 0 saturated heterocycles. The van der Waals surface area contributed by atoms with E-state index in [0.29, 0.717) is 0 Å². The summed E-state index contributed by atoms with van der Waals surface area (Å²) >= 11 is 1.54. The summed E-state index contributed by atoms with van der Waals surface area (Å²) in [5, 5.41) is 8.63. The lowest BCUT2D eigenvalue weighted by atomic mass is 10.1. The number of aromatic nitrogens is 2. The zero-order valence-corrected chi connectivity index (χ0v) is 19.3. The van der Waals surface area contributed by atoms with Crippen LogP contribution in [0.25, 0.3) is 22.2 Å². The first-order valence-corrected chi connectivity index (χ1v) is 11.6. The topological polar surface area (TPSA) is 51.4 Å². The SMILES string of the molecule is COc1ccc(-c2csc(NN=C(C)c3cn(Cc4ccccc4)c4ccccc34)n2)cc1. The predicted molar refractivity (Wildman–Crippen MR) is 137 cm³/mol. The second-order valence-corrected chi connectivity index (χ2v) is 8.61. The van der Waals surface area contributed by atoms with Crippen LogP contribution in [0.5, 0.6) is 5.75 Å². The average molecular weight is 453 g/mol. The van der Waals surface area contributed by atoms with E-state index in [1.54, 1.807) is 7.11 Å². The van der Waals surface area contributed by atoms with Gasteiger partial charge in [0.25, 0.3) is 0 Å². The molecule has 0 aliphatic heterocycles. The van der Waals surface area contributed by atoms with E-state index in [4.69, 9.17) is 4.74 Å². The second kappa shape index (κ2) is 9.30. The second-order valence-electron chi connectivity index (χ2n) is 7.75. The Hall–Kier alpha value is -3.90. The molecule has 5 rings (SSSR count). The van der Waals surface area contributed by atoms with Gasteiger partial charge in [-0.15, -0.1) is 11.3 Å². The number of anilines is 1. The van der Waals surface area contributed by atoms with Crippen molar-refractivity contribution in [3.63, 3.8) is 0 Å². The van der Waals surface area contributed by atoms with Crippen molar-refractivity contribution >= 4 is 33.1 Å². The highest BCUT2D eigenvalue weighted by atomic mass is 32.1. The van der Waals surface area contributed by atoms with Crippen LogP contribution in [-0.4, -0.2) is 22.4 Å². The Labute approximate surface area is 197 Å². The molecule has 0 fully saturated rings. The largest absolute Gasteiger partial charge is 0.497 e. The molecule has 0 unspecified atom stereocenters. The van der Waals surface area contributed by atoms with Gasteiger partial charge >= 0.3 is 0 Å². The average Bonchev–Trinajstić information content (AvgIpc) is 3.49. The fourth-order valence-corrected chi connectivity index (χ4v) is 4.52. The fourth-order valence-electron chi connectivity index (χ4n) is 3.86. The molecule has 5 nitrogen and oxygen atoms in total. The molecule has 6 heteroatoms. The predicted octanol–water partition coefficient (Wildman–Crippen LogP) is 6.66. The van der Waals surface area contributed by atoms with Crippen LogP contribution in [0.1, 0.15) is 18.1 Å². The molecule has 5 aromatic rings. The van der Waals surface area contributed by atoms with Crippen LogP contribution in [0.4, 0.5) is 5.13 Å². The number of para-hydroxylation sites is 1. The maximum Gasteiger partial charge on any atom is 0.203 e. The third-order valence-electron chi connectivity index (χ3n) is 5.58. The quantitative estimate of drug-likeness (QED) is 0.222. The molecule has 0 aliphatic rings. The van der Waals surface area contributed by atoms with E-state index in [9.17, 15) is 0 Å². The Morgan fingerprint density at radius 3 is 2.55 bits per heavy atom. The summed E-state index contributed by atoms with van der Waals surface area (Å²) in [6.45, 7) is 2.85. The van der Waals surface area contributed by atoms with E-state index in [0.717, 1.165) is 40.0 Å². The van der Waals surface area contributed by atoms with Gasteiger partial charge in [0.2, 0.25) is 5.13 Å². The van der Waals surface area contributed by atoms with Crippen LogP contribution in [0.2, 0.25) is 0 Å². The van der Waals surface area contributed by atoms with Crippen molar-refractivity contribution in [2.45, 2.75) is 13.5 Å². The van der Waals surface area contributed by atoms with Crippen molar-refractivity contribution in [3.05, 3.63) is 102 Å². The number of nitrogens with zero attached hydrogens (tertiary/aromatic N) is 3. The van der Waals surface area contributed by atoms with Gasteiger partial charge in [-0.1, -0.05) is 48.5 Å². The van der Waals surface area contributed by atoms with Crippen molar-refractivity contribution in [2.24, 2.45) is 5.10 Å². The third-order valence-corrected chi connectivity index (χ3v) is 6.33. The lowest BCUT2D eigenvalue weighted by Crippen LogP contribution is -2.00. The van der Waals surface area contributed by atoms with Gasteiger partial charge in [0, 0.05) is 40.2 Å². The van der Waals surface area contributed by atoms with E-state index in [1.165, 1.54) is 27.8 Å². The van der Waals surface area contributed by atoms with Crippen molar-refractivity contribution in [1.29, 1.82) is 0 Å². The molecule has 0 amide bonds. The minimum Gasteiger partial charge on any atom is -0.497 e. The molecule has 0 saturated carbocycles. The number of ether oxygens (including phenoxy) is 1. The standard InChI is InChI=1S/C27H24N4OS/c1-19(29-30-27-28-25(18-33-27)21-12-14-22(32-2)15-13-21)24-17-31(16-20-8-4-3-5-9-20)26-11-7-6-10-23(24)26/h3-15,17-18H,16H2,1-2H3,(H,28,30). The summed E-state index contributed by atoms with van der Waals surface area (Å²) in [4.78, 5) is 4.68. The number of benzene rings is 3. The number of rotatable bonds is 7. The molecule has 2 aromatic heterocycles. The van der Waals surface area contributed by atoms with Crippen LogP contribution in [0.3, 0.4) is 0 Å². The molecule has 3 aromatic carbocycles. The normalized spacial score (nSPS) is 11.6. The first kappa shape index (κ1) is 21.0. The van der Waals surface area contributed by atoms with E-state index in [2.05, 4.69) is 74.8 Å². The fraction of sp³-hybridized carbons (Fsp3) is 0.111. The van der Waals surface area contributed by atoms with Gasteiger partial charge in [0.1, 0.15) is 5.75 Å². The Morgan fingerprint density at radius 1 is 1.00 bits per heavy atom. The number of fused-ring (bicyclic) bond motifs is 1. The van der Waals surface area contributed by atoms with E-state index < -0.39 is 0 Å². The zero-order valence-electron chi connectivity index (χ0n) is 18.5. The summed E-state index contributed by atoms with van der Waals surface area (Å²) in [5.74, 6) is 0.832. The lowest BCUT2D eigenvalue weighted by molar-refractivity contribution is 0.415. The van der Waals surface area contributed by atoms with Gasteiger partial charge in [-0.25, -0.2) is 4.98 Å². The van der Waals surface area contributed by atoms with Crippen LogP contribution < -0.4 is 10.2 Å². The highest BCUT2D eigenvalue weighted by Crippen LogP contribution is 2.27. The van der Waals surface area contributed by atoms with Crippen LogP contribution in [0.15, 0.2) is 95.5 Å². The lowest BCUT2D eigenvalue weighted by Gasteiger charge is -2.05. The number of nitrogens with one attached hydrogen (secondary N) is 1. The zero-order chi connectivity index (χ0) is 22.6. The monoisotopic (exact) mass is 452 g/mol. The summed E-state index contributed by atoms with van der Waals surface area (Å²) in [6.07, 6.45) is 2.18. The minimum absolute atomic E-state index is 0.758. The summed E-state index contributed by atoms with van der Waals surface area (Å²) in [6, 6.07) is 26.9. The van der Waals surface area contributed by atoms with Gasteiger partial charge in [-0.2, -0.15) is 5.10 Å². The van der Waals surface area contributed by atoms with Crippen LogP contribution >= 0.6 is 11.3 Å². The maximum atomic E-state index is 5.23. The van der Waals surface area contributed by atoms with Gasteiger partial charge < -0.3 is 9.30 Å². The van der Waals surface area contributed by atoms with E-state index in [1.807, 2.05) is 42.6 Å². The molecule has 164 valence electrons. The Kier molecular flexibility index (Phi) is 5.91. The van der Waals surface area contributed by atoms with Crippen LogP contribution in [0, 0.1) is 0 Å². The Morgan fingerprint density at radius 2 is 1.76 bits per heavy atom. The first-order chi connectivity index (χ1) is 16.2. The molecule has 33 heavy (non-hydrogen) atoms. The van der Waals surface area contributed by atoms with Gasteiger partial charge in [-0.05, 0) is 42.8 Å². The Balaban J connectivity index is 1.38. The van der Waals surface area contributed by atoms with Gasteiger partial charge in [-0.3, -0.25) is 5.43 Å². The van der Waals surface area contributed by atoms with Crippen molar-refractivity contribution in [2.75, 3.05) is 12.5 Å². The van der Waals surface area contributed by atoms with E-state index in [-0.39, 0.29) is 0 Å². The molecule has 1 N–H and O–H groups in total. The third kappa shape index (κ3) is 4.52. The molecular formula is C27H24N4OS. The summed E-state index contributed by atoms with van der Waals surface area (Å²) in [5.41, 5.74) is 9.60. The number of thiazole rings is 1. The highest BCUT2D eigenvalue weighted by Gasteiger charge is 2.11. The molecular weight excluding hydrogens is 428 g/mol. The van der Waals surface area contributed by atoms with Crippen molar-refractivity contribution in [3.8, 4) is 17.0 Å². The van der Waals surface area contributed by atoms with E-state index >= 15 is 0 Å². The molecule has 0 atom stereocenters. The maximum absolute atomic E-state index is 5.23. The molecule has 0 aliphatic carbocycles. The number of hydrogen-bond donors (Lipinski definition) is 1. The minimum atomic E-state index is 0.758. The van der Waals surface area contributed by atoms with Crippen molar-refractivity contribution < 1.29 is 4.74 Å². The molecule has 0 radical (unpaired) electrons. The summed E-state index contributed by atoms with van der Waals surface area (Å²) < 4.78 is 7.51. The highest BCUT2D eigenvalue weighted by molar-refractivity contribution is 7.14. The smallest absolute Gasteiger partial charge is 0.203 e. The number of methoxy groups -OCH3 is 1. The van der Waals surface area contributed by atoms with Gasteiger partial charge in [0.15, 0.2) is 0 Å².